The second kappa shape index (κ2) is 14.1. The smallest absolute Gasteiger partial charge is 0.329 e. The zero-order valence-corrected chi connectivity index (χ0v) is 9.63. The Labute approximate surface area is 95.8 Å². The number of nitrogens with zero attached hydrogens (tertiary/aromatic N) is 1. The second-order valence-corrected chi connectivity index (χ2v) is 2.74. The minimum atomic E-state index is -0.394. The van der Waals surface area contributed by atoms with E-state index in [-0.39, 0.29) is 19.8 Å². The first kappa shape index (κ1) is 17.4. The summed E-state index contributed by atoms with van der Waals surface area (Å²) in [6, 6.07) is 0. The Morgan fingerprint density at radius 2 is 1.56 bits per heavy atom. The van der Waals surface area contributed by atoms with Crippen LogP contribution in [0.5, 0.6) is 0 Å². The van der Waals surface area contributed by atoms with Gasteiger partial charge in [0.15, 0.2) is 0 Å². The molecule has 0 amide bonds. The van der Waals surface area contributed by atoms with Crippen molar-refractivity contribution in [3.63, 3.8) is 0 Å². The summed E-state index contributed by atoms with van der Waals surface area (Å²) < 4.78 is 4.14. The molecule has 0 aromatic carbocycles. The lowest BCUT2D eigenvalue weighted by atomic mass is 10.4. The van der Waals surface area contributed by atoms with Crippen LogP contribution < -0.4 is 0 Å². The van der Waals surface area contributed by atoms with Crippen LogP contribution in [0.4, 0.5) is 0 Å². The monoisotopic (exact) mass is 235 g/mol. The van der Waals surface area contributed by atoms with E-state index in [2.05, 4.69) is 11.3 Å². The number of esters is 1. The Kier molecular flexibility index (Phi) is 15.3. The second-order valence-electron chi connectivity index (χ2n) is 2.74. The van der Waals surface area contributed by atoms with Crippen molar-refractivity contribution in [3.8, 4) is 0 Å². The highest BCUT2D eigenvalue weighted by molar-refractivity contribution is 5.80. The minimum absolute atomic E-state index is 0.0694. The van der Waals surface area contributed by atoms with Crippen LogP contribution in [0.15, 0.2) is 12.7 Å². The fourth-order valence-electron chi connectivity index (χ4n) is 0.843. The zero-order chi connectivity index (χ0) is 12.8. The van der Waals surface area contributed by atoms with Gasteiger partial charge in [0.25, 0.3) is 0 Å². The van der Waals surface area contributed by atoms with Gasteiger partial charge in [0.05, 0.1) is 26.9 Å². The number of carbonyl (C=O) groups excluding carboxylic acids is 1. The molecule has 16 heavy (non-hydrogen) atoms. The molecule has 0 radical (unpaired) electrons. The molecule has 0 heterocycles. The number of aliphatic hydroxyl groups is 3. The number of carbonyl (C=O) groups is 1. The molecule has 0 aliphatic carbocycles. The van der Waals surface area contributed by atoms with E-state index in [0.29, 0.717) is 19.6 Å². The summed E-state index contributed by atoms with van der Waals surface area (Å²) in [7, 11) is 1.31. The Hall–Kier alpha value is -0.950. The first-order valence-electron chi connectivity index (χ1n) is 4.91. The summed E-state index contributed by atoms with van der Waals surface area (Å²) in [5.41, 5.74) is 0. The van der Waals surface area contributed by atoms with Gasteiger partial charge in [-0.25, -0.2) is 4.79 Å². The molecule has 96 valence electrons. The van der Waals surface area contributed by atoms with Gasteiger partial charge in [-0.2, -0.15) is 0 Å². The standard InChI is InChI=1S/C6H15NO3.C4H6O2/c8-4-1-7(2-5-9)3-6-10;1-3-4(5)6-2/h8-10H,1-6H2;3H,1H2,2H3. The molecular formula is C10H21NO5. The molecule has 6 nitrogen and oxygen atoms in total. The lowest BCUT2D eigenvalue weighted by molar-refractivity contribution is -0.134. The van der Waals surface area contributed by atoms with E-state index in [4.69, 9.17) is 15.3 Å². The van der Waals surface area contributed by atoms with Crippen molar-refractivity contribution < 1.29 is 24.9 Å². The molecule has 0 bridgehead atoms. The molecule has 6 heteroatoms. The van der Waals surface area contributed by atoms with Crippen LogP contribution in [0.3, 0.4) is 0 Å². The van der Waals surface area contributed by atoms with Gasteiger partial charge in [0.1, 0.15) is 0 Å². The van der Waals surface area contributed by atoms with E-state index in [1.807, 2.05) is 0 Å². The van der Waals surface area contributed by atoms with Crippen LogP contribution in [0.25, 0.3) is 0 Å². The first-order valence-corrected chi connectivity index (χ1v) is 4.91. The molecule has 0 aliphatic rings. The van der Waals surface area contributed by atoms with E-state index in [1.165, 1.54) is 7.11 Å². The summed E-state index contributed by atoms with van der Waals surface area (Å²) in [4.78, 5) is 11.6. The third-order valence-corrected chi connectivity index (χ3v) is 1.62. The van der Waals surface area contributed by atoms with E-state index < -0.39 is 5.97 Å². The average molecular weight is 235 g/mol. The van der Waals surface area contributed by atoms with Crippen molar-refractivity contribution in [3.05, 3.63) is 12.7 Å². The van der Waals surface area contributed by atoms with Gasteiger partial charge in [-0.05, 0) is 0 Å². The van der Waals surface area contributed by atoms with Gasteiger partial charge in [-0.15, -0.1) is 0 Å². The van der Waals surface area contributed by atoms with Crippen molar-refractivity contribution in [2.75, 3.05) is 46.6 Å². The molecule has 0 unspecified atom stereocenters. The van der Waals surface area contributed by atoms with Gasteiger partial charge < -0.3 is 20.1 Å². The first-order chi connectivity index (χ1) is 7.65. The number of ether oxygens (including phenoxy) is 1. The summed E-state index contributed by atoms with van der Waals surface area (Å²) in [5.74, 6) is -0.394. The molecule has 0 aromatic rings. The molecule has 0 fully saturated rings. The average Bonchev–Trinajstić information content (AvgIpc) is 2.30. The normalized spacial score (nSPS) is 9.31. The summed E-state index contributed by atoms with van der Waals surface area (Å²) >= 11 is 0. The molecule has 0 rings (SSSR count). The van der Waals surface area contributed by atoms with Crippen LogP contribution in [0, 0.1) is 0 Å². The molecule has 0 saturated carbocycles. The highest BCUT2D eigenvalue weighted by atomic mass is 16.5. The fraction of sp³-hybridized carbons (Fsp3) is 0.700. The van der Waals surface area contributed by atoms with Crippen LogP contribution in [0.2, 0.25) is 0 Å². The number of aliphatic hydroxyl groups excluding tert-OH is 3. The quantitative estimate of drug-likeness (QED) is 0.372. The molecular weight excluding hydrogens is 214 g/mol. The topological polar surface area (TPSA) is 90.2 Å². The van der Waals surface area contributed by atoms with Crippen LogP contribution in [-0.2, 0) is 9.53 Å². The molecule has 3 N–H and O–H groups in total. The molecule has 0 spiro atoms. The van der Waals surface area contributed by atoms with Crippen LogP contribution in [0.1, 0.15) is 0 Å². The molecule has 0 aliphatic heterocycles. The maximum absolute atomic E-state index is 9.84. The lowest BCUT2D eigenvalue weighted by Crippen LogP contribution is -2.32. The largest absolute Gasteiger partial charge is 0.466 e. The van der Waals surface area contributed by atoms with E-state index in [0.717, 1.165) is 6.08 Å². The Bertz CT molecular complexity index is 160. The van der Waals surface area contributed by atoms with Gasteiger partial charge in [-0.3, -0.25) is 4.90 Å². The summed E-state index contributed by atoms with van der Waals surface area (Å²) in [6.45, 7) is 4.91. The van der Waals surface area contributed by atoms with Crippen LogP contribution >= 0.6 is 0 Å². The van der Waals surface area contributed by atoms with Gasteiger partial charge in [0.2, 0.25) is 0 Å². The summed E-state index contributed by atoms with van der Waals surface area (Å²) in [6.07, 6.45) is 1.11. The van der Waals surface area contributed by atoms with Crippen molar-refractivity contribution in [1.82, 2.24) is 4.90 Å². The number of rotatable bonds is 7. The van der Waals surface area contributed by atoms with Crippen molar-refractivity contribution in [2.45, 2.75) is 0 Å². The van der Waals surface area contributed by atoms with Crippen molar-refractivity contribution >= 4 is 5.97 Å². The van der Waals surface area contributed by atoms with Crippen LogP contribution in [-0.4, -0.2) is 72.8 Å². The van der Waals surface area contributed by atoms with E-state index >= 15 is 0 Å². The highest BCUT2D eigenvalue weighted by Crippen LogP contribution is 1.84. The van der Waals surface area contributed by atoms with Gasteiger partial charge in [0, 0.05) is 25.7 Å². The Morgan fingerprint density at radius 1 is 1.19 bits per heavy atom. The zero-order valence-electron chi connectivity index (χ0n) is 9.63. The van der Waals surface area contributed by atoms with E-state index in [1.54, 1.807) is 4.90 Å². The van der Waals surface area contributed by atoms with Crippen molar-refractivity contribution in [1.29, 1.82) is 0 Å². The summed E-state index contributed by atoms with van der Waals surface area (Å²) in [5, 5.41) is 25.5. The number of hydrogen-bond acceptors (Lipinski definition) is 6. The van der Waals surface area contributed by atoms with Crippen molar-refractivity contribution in [2.24, 2.45) is 0 Å². The fourth-order valence-corrected chi connectivity index (χ4v) is 0.843. The SMILES string of the molecule is C=CC(=O)OC.OCCN(CCO)CCO. The third kappa shape index (κ3) is 13.1. The van der Waals surface area contributed by atoms with Gasteiger partial charge in [-0.1, -0.05) is 6.58 Å². The maximum Gasteiger partial charge on any atom is 0.329 e. The van der Waals surface area contributed by atoms with Gasteiger partial charge >= 0.3 is 5.97 Å². The Morgan fingerprint density at radius 3 is 1.69 bits per heavy atom. The number of hydrogen-bond donors (Lipinski definition) is 3. The molecule has 0 saturated heterocycles. The van der Waals surface area contributed by atoms with E-state index in [9.17, 15) is 4.79 Å². The predicted octanol–water partition coefficient (Wildman–Crippen LogP) is -1.39. The molecule has 0 atom stereocenters. The minimum Gasteiger partial charge on any atom is -0.466 e. The Balaban J connectivity index is 0. The number of methoxy groups -OCH3 is 1. The lowest BCUT2D eigenvalue weighted by Gasteiger charge is -2.17. The predicted molar refractivity (Wildman–Crippen MR) is 59.9 cm³/mol. The molecule has 0 aromatic heterocycles. The maximum atomic E-state index is 9.84. The highest BCUT2D eigenvalue weighted by Gasteiger charge is 2.00. The third-order valence-electron chi connectivity index (χ3n) is 1.62.